The van der Waals surface area contributed by atoms with Crippen molar-refractivity contribution in [3.05, 3.63) is 88.4 Å². The van der Waals surface area contributed by atoms with Crippen molar-refractivity contribution in [1.29, 1.82) is 0 Å². The fourth-order valence-electron chi connectivity index (χ4n) is 3.99. The van der Waals surface area contributed by atoms with Crippen LogP contribution in [0, 0.1) is 5.92 Å². The van der Waals surface area contributed by atoms with Gasteiger partial charge in [0, 0.05) is 23.1 Å². The number of nitrogens with zero attached hydrogens (tertiary/aromatic N) is 2. The van der Waals surface area contributed by atoms with Crippen LogP contribution in [0.4, 0.5) is 5.69 Å². The van der Waals surface area contributed by atoms with E-state index in [0.29, 0.717) is 34.5 Å². The van der Waals surface area contributed by atoms with Crippen LogP contribution in [0.25, 0.3) is 0 Å². The minimum Gasteiger partial charge on any atom is -0.494 e. The zero-order valence-corrected chi connectivity index (χ0v) is 25.8. The van der Waals surface area contributed by atoms with Crippen molar-refractivity contribution in [2.75, 3.05) is 24.0 Å². The number of halogens is 2. The summed E-state index contributed by atoms with van der Waals surface area (Å²) in [6.07, 6.45) is 0. The zero-order chi connectivity index (χ0) is 30.2. The highest BCUT2D eigenvalue weighted by atomic mass is 35.5. The highest BCUT2D eigenvalue weighted by Gasteiger charge is 2.32. The third-order valence-electron chi connectivity index (χ3n) is 6.25. The van der Waals surface area contributed by atoms with Gasteiger partial charge in [-0.1, -0.05) is 61.3 Å². The van der Waals surface area contributed by atoms with E-state index in [4.69, 9.17) is 27.9 Å². The van der Waals surface area contributed by atoms with E-state index in [0.717, 1.165) is 4.31 Å². The molecule has 0 heterocycles. The predicted molar refractivity (Wildman–Crippen MR) is 163 cm³/mol. The maximum absolute atomic E-state index is 14.0. The van der Waals surface area contributed by atoms with Crippen LogP contribution in [-0.2, 0) is 26.2 Å². The SMILES string of the molecule is CCOc1ccc(N(CC(=O)N(Cc2ccc(Cl)cc2Cl)C(C)C(=O)NCC(C)C)S(=O)(=O)c2ccccc2)cc1. The molecule has 1 unspecified atom stereocenters. The van der Waals surface area contributed by atoms with Crippen molar-refractivity contribution in [2.45, 2.75) is 45.2 Å². The van der Waals surface area contributed by atoms with Gasteiger partial charge in [-0.3, -0.25) is 13.9 Å². The molecule has 0 bridgehead atoms. The van der Waals surface area contributed by atoms with Gasteiger partial charge in [-0.2, -0.15) is 0 Å². The summed E-state index contributed by atoms with van der Waals surface area (Å²) in [7, 11) is -4.16. The Hall–Kier alpha value is -3.27. The van der Waals surface area contributed by atoms with Gasteiger partial charge in [0.2, 0.25) is 11.8 Å². The number of carbonyl (C=O) groups is 2. The van der Waals surface area contributed by atoms with Crippen molar-refractivity contribution in [1.82, 2.24) is 10.2 Å². The van der Waals surface area contributed by atoms with Gasteiger partial charge in [0.1, 0.15) is 18.3 Å². The molecular formula is C30H35Cl2N3O5S. The monoisotopic (exact) mass is 619 g/mol. The number of ether oxygens (including phenoxy) is 1. The molecule has 0 aliphatic carbocycles. The van der Waals surface area contributed by atoms with Gasteiger partial charge in [-0.05, 0) is 73.9 Å². The molecule has 220 valence electrons. The lowest BCUT2D eigenvalue weighted by molar-refractivity contribution is -0.139. The summed E-state index contributed by atoms with van der Waals surface area (Å²) < 4.78 is 34.2. The standard InChI is InChI=1S/C30H35Cl2N3O5S/c1-5-40-26-15-13-25(14-16-26)35(41(38,39)27-9-7-6-8-10-27)20-29(36)34(22(4)30(37)33-18-21(2)3)19-23-11-12-24(31)17-28(23)32/h6-17,21-22H,5,18-20H2,1-4H3,(H,33,37). The van der Waals surface area contributed by atoms with Gasteiger partial charge in [0.05, 0.1) is 17.2 Å². The number of nitrogens with one attached hydrogen (secondary N) is 1. The third-order valence-corrected chi connectivity index (χ3v) is 8.63. The minimum atomic E-state index is -4.16. The second kappa shape index (κ2) is 14.6. The molecule has 0 saturated heterocycles. The molecular weight excluding hydrogens is 585 g/mol. The average Bonchev–Trinajstić information content (AvgIpc) is 2.95. The van der Waals surface area contributed by atoms with E-state index in [9.17, 15) is 18.0 Å². The van der Waals surface area contributed by atoms with Crippen LogP contribution in [0.2, 0.25) is 10.0 Å². The van der Waals surface area contributed by atoms with Crippen molar-refractivity contribution in [3.63, 3.8) is 0 Å². The lowest BCUT2D eigenvalue weighted by Gasteiger charge is -2.32. The van der Waals surface area contributed by atoms with E-state index in [2.05, 4.69) is 5.32 Å². The molecule has 0 radical (unpaired) electrons. The molecule has 1 N–H and O–H groups in total. The van der Waals surface area contributed by atoms with E-state index >= 15 is 0 Å². The quantitative estimate of drug-likeness (QED) is 0.262. The lowest BCUT2D eigenvalue weighted by atomic mass is 10.1. The summed E-state index contributed by atoms with van der Waals surface area (Å²) in [6, 6.07) is 18.3. The molecule has 41 heavy (non-hydrogen) atoms. The van der Waals surface area contributed by atoms with E-state index in [1.807, 2.05) is 20.8 Å². The molecule has 3 aromatic rings. The summed E-state index contributed by atoms with van der Waals surface area (Å²) in [5, 5.41) is 3.60. The zero-order valence-electron chi connectivity index (χ0n) is 23.5. The molecule has 3 rings (SSSR count). The number of carbonyl (C=O) groups excluding carboxylic acids is 2. The number of amides is 2. The number of hydrogen-bond acceptors (Lipinski definition) is 5. The van der Waals surface area contributed by atoms with E-state index in [-0.39, 0.29) is 29.0 Å². The molecule has 0 aliphatic heterocycles. The van der Waals surface area contributed by atoms with Crippen LogP contribution in [-0.4, -0.2) is 50.9 Å². The number of sulfonamides is 1. The molecule has 0 saturated carbocycles. The third kappa shape index (κ3) is 8.61. The largest absolute Gasteiger partial charge is 0.494 e. The number of hydrogen-bond donors (Lipinski definition) is 1. The second-order valence-corrected chi connectivity index (χ2v) is 12.5. The van der Waals surface area contributed by atoms with Gasteiger partial charge >= 0.3 is 0 Å². The Morgan fingerprint density at radius 1 is 0.951 bits per heavy atom. The molecule has 0 aliphatic rings. The Morgan fingerprint density at radius 2 is 1.61 bits per heavy atom. The van der Waals surface area contributed by atoms with Gasteiger partial charge in [0.15, 0.2) is 0 Å². The molecule has 8 nitrogen and oxygen atoms in total. The van der Waals surface area contributed by atoms with Crippen LogP contribution < -0.4 is 14.4 Å². The highest BCUT2D eigenvalue weighted by Crippen LogP contribution is 2.28. The average molecular weight is 621 g/mol. The van der Waals surface area contributed by atoms with Crippen molar-refractivity contribution < 1.29 is 22.7 Å². The predicted octanol–water partition coefficient (Wildman–Crippen LogP) is 5.78. The van der Waals surface area contributed by atoms with Crippen molar-refractivity contribution in [2.24, 2.45) is 5.92 Å². The Labute approximate surface area is 252 Å². The summed E-state index contributed by atoms with van der Waals surface area (Å²) in [5.41, 5.74) is 0.832. The van der Waals surface area contributed by atoms with Crippen molar-refractivity contribution in [3.8, 4) is 5.75 Å². The van der Waals surface area contributed by atoms with Gasteiger partial charge in [-0.25, -0.2) is 8.42 Å². The minimum absolute atomic E-state index is 0.0247. The number of benzene rings is 3. The molecule has 0 spiro atoms. The molecule has 2 amide bonds. The maximum Gasteiger partial charge on any atom is 0.264 e. The van der Waals surface area contributed by atoms with Crippen LogP contribution in [0.15, 0.2) is 77.7 Å². The molecule has 11 heteroatoms. The first kappa shape index (κ1) is 32.2. The Bertz CT molecular complexity index is 1430. The molecule has 0 aromatic heterocycles. The van der Waals surface area contributed by atoms with Crippen LogP contribution >= 0.6 is 23.2 Å². The number of rotatable bonds is 13. The first-order valence-electron chi connectivity index (χ1n) is 13.3. The summed E-state index contributed by atoms with van der Waals surface area (Å²) >= 11 is 12.5. The van der Waals surface area contributed by atoms with E-state index < -0.39 is 28.5 Å². The normalized spacial score (nSPS) is 12.1. The Balaban J connectivity index is 2.02. The summed E-state index contributed by atoms with van der Waals surface area (Å²) in [4.78, 5) is 28.4. The van der Waals surface area contributed by atoms with Gasteiger partial charge in [0.25, 0.3) is 10.0 Å². The summed E-state index contributed by atoms with van der Waals surface area (Å²) in [6.45, 7) is 7.65. The lowest BCUT2D eigenvalue weighted by Crippen LogP contribution is -2.51. The van der Waals surface area contributed by atoms with Gasteiger partial charge in [-0.15, -0.1) is 0 Å². The smallest absolute Gasteiger partial charge is 0.264 e. The maximum atomic E-state index is 14.0. The molecule has 0 fully saturated rings. The van der Waals surface area contributed by atoms with Crippen molar-refractivity contribution >= 4 is 50.7 Å². The van der Waals surface area contributed by atoms with E-state index in [1.165, 1.54) is 17.0 Å². The fraction of sp³-hybridized carbons (Fsp3) is 0.333. The molecule has 1 atom stereocenters. The van der Waals surface area contributed by atoms with E-state index in [1.54, 1.807) is 67.6 Å². The van der Waals surface area contributed by atoms with Crippen LogP contribution in [0.3, 0.4) is 0 Å². The van der Waals surface area contributed by atoms with Crippen LogP contribution in [0.1, 0.15) is 33.3 Å². The first-order valence-corrected chi connectivity index (χ1v) is 15.4. The Kier molecular flexibility index (Phi) is 11.5. The number of anilines is 1. The summed E-state index contributed by atoms with van der Waals surface area (Å²) in [5.74, 6) is -0.187. The second-order valence-electron chi connectivity index (χ2n) is 9.82. The fourth-order valence-corrected chi connectivity index (χ4v) is 5.90. The van der Waals surface area contributed by atoms with Crippen LogP contribution in [0.5, 0.6) is 5.75 Å². The topological polar surface area (TPSA) is 96.0 Å². The highest BCUT2D eigenvalue weighted by molar-refractivity contribution is 7.92. The first-order chi connectivity index (χ1) is 19.4. The Morgan fingerprint density at radius 3 is 2.20 bits per heavy atom. The molecule has 3 aromatic carbocycles. The van der Waals surface area contributed by atoms with Gasteiger partial charge < -0.3 is 15.0 Å².